The highest BCUT2D eigenvalue weighted by Crippen LogP contribution is 2.35. The van der Waals surface area contributed by atoms with E-state index in [2.05, 4.69) is 25.1 Å². The van der Waals surface area contributed by atoms with Gasteiger partial charge in [-0.15, -0.1) is 0 Å². The lowest BCUT2D eigenvalue weighted by atomic mass is 9.83. The molecular weight excluding hydrogens is 338 g/mol. The van der Waals surface area contributed by atoms with E-state index in [9.17, 15) is 9.59 Å². The van der Waals surface area contributed by atoms with E-state index in [4.69, 9.17) is 0 Å². The maximum absolute atomic E-state index is 13.0. The third kappa shape index (κ3) is 2.69. The molecule has 2 bridgehead atoms. The molecule has 138 valence electrons. The number of aromatic nitrogens is 2. The third-order valence-corrected chi connectivity index (χ3v) is 6.17. The number of hydrogen-bond acceptors (Lipinski definition) is 2. The molecule has 1 aromatic carbocycles. The Morgan fingerprint density at radius 3 is 2.81 bits per heavy atom. The van der Waals surface area contributed by atoms with Crippen LogP contribution in [0.4, 0.5) is 0 Å². The fourth-order valence-corrected chi connectivity index (χ4v) is 4.86. The molecule has 2 aliphatic rings. The van der Waals surface area contributed by atoms with Crippen LogP contribution in [0.3, 0.4) is 0 Å². The number of carbonyl (C=O) groups is 1. The first-order chi connectivity index (χ1) is 13.1. The minimum absolute atomic E-state index is 0.0798. The summed E-state index contributed by atoms with van der Waals surface area (Å²) in [5.74, 6) is 0.790. The van der Waals surface area contributed by atoms with E-state index in [1.807, 2.05) is 38.4 Å². The maximum Gasteiger partial charge on any atom is 0.250 e. The zero-order chi connectivity index (χ0) is 18.5. The Kier molecular flexibility index (Phi) is 3.71. The van der Waals surface area contributed by atoms with Crippen LogP contribution in [0.25, 0.3) is 10.9 Å². The highest BCUT2D eigenvalue weighted by molar-refractivity contribution is 5.85. The van der Waals surface area contributed by atoms with E-state index in [1.165, 1.54) is 10.9 Å². The largest absolute Gasteiger partial charge is 0.340 e. The number of hydrogen-bond donors (Lipinski definition) is 0. The van der Waals surface area contributed by atoms with Gasteiger partial charge < -0.3 is 14.0 Å². The average Bonchev–Trinajstić information content (AvgIpc) is 3.07. The van der Waals surface area contributed by atoms with Crippen molar-refractivity contribution in [2.75, 3.05) is 13.1 Å². The van der Waals surface area contributed by atoms with E-state index in [0.717, 1.165) is 30.7 Å². The summed E-state index contributed by atoms with van der Waals surface area (Å²) in [5, 5.41) is 1.20. The Bertz CT molecular complexity index is 1090. The van der Waals surface area contributed by atoms with Gasteiger partial charge in [-0.3, -0.25) is 9.59 Å². The molecule has 5 nitrogen and oxygen atoms in total. The van der Waals surface area contributed by atoms with Crippen molar-refractivity contribution in [1.82, 2.24) is 14.0 Å². The molecule has 2 atom stereocenters. The Labute approximate surface area is 157 Å². The first kappa shape index (κ1) is 16.4. The molecule has 0 N–H and O–H groups in total. The standard InChI is InChI=1S/C22H23N3O2/c1-15-4-2-6-20-18(15)8-9-23(20)14-22(27)24-11-16-10-17(13-24)19-5-3-7-21(26)25(19)12-16/h2-9,16-17H,10-14H2,1H3/t16-,17+/m1/s1. The van der Waals surface area contributed by atoms with Gasteiger partial charge in [-0.2, -0.15) is 0 Å². The van der Waals surface area contributed by atoms with Gasteiger partial charge in [0.1, 0.15) is 6.54 Å². The normalized spacial score (nSPS) is 21.3. The van der Waals surface area contributed by atoms with Gasteiger partial charge in [0.25, 0.3) is 5.56 Å². The van der Waals surface area contributed by atoms with Crippen molar-refractivity contribution < 1.29 is 4.79 Å². The molecule has 1 fully saturated rings. The monoisotopic (exact) mass is 361 g/mol. The second-order valence-electron chi connectivity index (χ2n) is 7.95. The molecule has 3 aromatic rings. The number of amides is 1. The van der Waals surface area contributed by atoms with E-state index in [-0.39, 0.29) is 17.4 Å². The van der Waals surface area contributed by atoms with E-state index >= 15 is 0 Å². The van der Waals surface area contributed by atoms with Crippen molar-refractivity contribution in [2.24, 2.45) is 5.92 Å². The van der Waals surface area contributed by atoms with Gasteiger partial charge in [0.2, 0.25) is 5.91 Å². The molecule has 1 amide bonds. The molecule has 0 aliphatic carbocycles. The first-order valence-electron chi connectivity index (χ1n) is 9.62. The third-order valence-electron chi connectivity index (χ3n) is 6.17. The maximum atomic E-state index is 13.0. The van der Waals surface area contributed by atoms with Gasteiger partial charge in [0, 0.05) is 54.4 Å². The van der Waals surface area contributed by atoms with Gasteiger partial charge in [-0.1, -0.05) is 18.2 Å². The summed E-state index contributed by atoms with van der Waals surface area (Å²) in [6, 6.07) is 13.8. The van der Waals surface area contributed by atoms with Gasteiger partial charge in [-0.25, -0.2) is 0 Å². The smallest absolute Gasteiger partial charge is 0.250 e. The topological polar surface area (TPSA) is 47.2 Å². The van der Waals surface area contributed by atoms with Crippen LogP contribution in [-0.2, 0) is 17.9 Å². The van der Waals surface area contributed by atoms with Crippen LogP contribution >= 0.6 is 0 Å². The highest BCUT2D eigenvalue weighted by Gasteiger charge is 2.36. The zero-order valence-corrected chi connectivity index (χ0v) is 15.5. The van der Waals surface area contributed by atoms with E-state index in [1.54, 1.807) is 6.07 Å². The Hall–Kier alpha value is -2.82. The summed E-state index contributed by atoms with van der Waals surface area (Å²) in [7, 11) is 0. The molecule has 0 spiro atoms. The number of rotatable bonds is 2. The van der Waals surface area contributed by atoms with Crippen LogP contribution in [0.15, 0.2) is 53.5 Å². The lowest BCUT2D eigenvalue weighted by Gasteiger charge is -2.42. The fraction of sp³-hybridized carbons (Fsp3) is 0.364. The number of aryl methyl sites for hydroxylation is 1. The van der Waals surface area contributed by atoms with Crippen LogP contribution < -0.4 is 5.56 Å². The zero-order valence-electron chi connectivity index (χ0n) is 15.5. The number of piperidine rings is 1. The van der Waals surface area contributed by atoms with Crippen molar-refractivity contribution in [2.45, 2.75) is 32.4 Å². The Morgan fingerprint density at radius 2 is 1.93 bits per heavy atom. The highest BCUT2D eigenvalue weighted by atomic mass is 16.2. The van der Waals surface area contributed by atoms with Crippen LogP contribution in [0.1, 0.15) is 23.6 Å². The fourth-order valence-electron chi connectivity index (χ4n) is 4.86. The predicted octanol–water partition coefficient (Wildman–Crippen LogP) is 2.76. The molecule has 4 heterocycles. The lowest BCUT2D eigenvalue weighted by Crippen LogP contribution is -2.49. The summed E-state index contributed by atoms with van der Waals surface area (Å²) in [6.45, 7) is 4.64. The number of carbonyl (C=O) groups excluding carboxylic acids is 1. The summed E-state index contributed by atoms with van der Waals surface area (Å²) >= 11 is 0. The van der Waals surface area contributed by atoms with Gasteiger partial charge >= 0.3 is 0 Å². The van der Waals surface area contributed by atoms with Crippen LogP contribution in [0.2, 0.25) is 0 Å². The molecule has 2 aromatic heterocycles. The quantitative estimate of drug-likeness (QED) is 0.705. The van der Waals surface area contributed by atoms with E-state index in [0.29, 0.717) is 19.0 Å². The number of benzene rings is 1. The Morgan fingerprint density at radius 1 is 1.07 bits per heavy atom. The SMILES string of the molecule is Cc1cccc2c1ccn2CC(=O)N1C[C@H]2C[C@@H](C1)c1cccc(=O)n1C2. The first-order valence-corrected chi connectivity index (χ1v) is 9.62. The lowest BCUT2D eigenvalue weighted by molar-refractivity contribution is -0.134. The second kappa shape index (κ2) is 6.12. The van der Waals surface area contributed by atoms with Gasteiger partial charge in [0.05, 0.1) is 0 Å². The molecule has 0 radical (unpaired) electrons. The predicted molar refractivity (Wildman–Crippen MR) is 105 cm³/mol. The molecule has 2 aliphatic heterocycles. The molecular formula is C22H23N3O2. The Balaban J connectivity index is 1.39. The number of nitrogens with zero attached hydrogens (tertiary/aromatic N) is 3. The van der Waals surface area contributed by atoms with Crippen molar-refractivity contribution in [1.29, 1.82) is 0 Å². The molecule has 0 saturated carbocycles. The minimum Gasteiger partial charge on any atom is -0.340 e. The van der Waals surface area contributed by atoms with Crippen LogP contribution in [0.5, 0.6) is 0 Å². The summed E-state index contributed by atoms with van der Waals surface area (Å²) in [6.07, 6.45) is 3.08. The number of pyridine rings is 1. The molecule has 5 rings (SSSR count). The molecule has 1 saturated heterocycles. The summed E-state index contributed by atoms with van der Waals surface area (Å²) in [4.78, 5) is 27.2. The van der Waals surface area contributed by atoms with Crippen molar-refractivity contribution in [3.05, 3.63) is 70.3 Å². The number of likely N-dealkylation sites (tertiary alicyclic amines) is 1. The molecule has 5 heteroatoms. The van der Waals surface area contributed by atoms with E-state index < -0.39 is 0 Å². The number of fused-ring (bicyclic) bond motifs is 5. The van der Waals surface area contributed by atoms with Crippen molar-refractivity contribution in [3.8, 4) is 0 Å². The van der Waals surface area contributed by atoms with Crippen molar-refractivity contribution >= 4 is 16.8 Å². The minimum atomic E-state index is 0.0798. The molecule has 0 unspecified atom stereocenters. The van der Waals surface area contributed by atoms with Gasteiger partial charge in [-0.05, 0) is 43.0 Å². The van der Waals surface area contributed by atoms with Crippen LogP contribution in [-0.4, -0.2) is 33.0 Å². The molecule has 27 heavy (non-hydrogen) atoms. The second-order valence-corrected chi connectivity index (χ2v) is 7.95. The van der Waals surface area contributed by atoms with Crippen molar-refractivity contribution in [3.63, 3.8) is 0 Å². The average molecular weight is 361 g/mol. The van der Waals surface area contributed by atoms with Gasteiger partial charge in [0.15, 0.2) is 0 Å². The summed E-state index contributed by atoms with van der Waals surface area (Å²) < 4.78 is 3.95. The summed E-state index contributed by atoms with van der Waals surface area (Å²) in [5.41, 5.74) is 3.50. The van der Waals surface area contributed by atoms with Crippen LogP contribution in [0, 0.1) is 12.8 Å².